The van der Waals surface area contributed by atoms with Crippen LogP contribution in [-0.2, 0) is 33.8 Å². The molecule has 0 N–H and O–H groups in total. The van der Waals surface area contributed by atoms with Gasteiger partial charge in [-0.1, -0.05) is 30.8 Å². The fraction of sp³-hybridized carbons (Fsp3) is 0.567. The molecule has 6 aliphatic rings. The Balaban J connectivity index is 1.23. The average Bonchev–Trinajstić information content (AvgIpc) is 3.60. The van der Waals surface area contributed by atoms with Crippen molar-refractivity contribution in [3.05, 3.63) is 59.3 Å². The number of piperazine rings is 1. The zero-order valence-electron chi connectivity index (χ0n) is 23.4. The standard InChI is InChI=1S/C30H38N6O4/c1-4-28(37)35-11-21-18-39-17-20(35)12-36(21)29-23-13-34(25-10-9-19-7-5-6-8-22(19)25)14-24(23)31-30(32-29)40-27-16-33(2)15-26(27)38-3/h4-8,20-21,25-27H,1,9-18H2,2-3H3/t20?,21?,25?,26-,27-/m1/s1. The monoisotopic (exact) mass is 546 g/mol. The van der Waals surface area contributed by atoms with Crippen LogP contribution < -0.4 is 9.64 Å². The highest BCUT2D eigenvalue weighted by molar-refractivity contribution is 5.87. The van der Waals surface area contributed by atoms with Crippen molar-refractivity contribution in [1.29, 1.82) is 0 Å². The zero-order valence-corrected chi connectivity index (χ0v) is 23.4. The molecule has 4 fully saturated rings. The highest BCUT2D eigenvalue weighted by atomic mass is 16.5. The number of amides is 1. The van der Waals surface area contributed by atoms with Crippen molar-refractivity contribution >= 4 is 11.7 Å². The summed E-state index contributed by atoms with van der Waals surface area (Å²) in [6.45, 7) is 9.15. The summed E-state index contributed by atoms with van der Waals surface area (Å²) in [5, 5.41) is 0. The van der Waals surface area contributed by atoms with E-state index in [2.05, 4.69) is 52.6 Å². The van der Waals surface area contributed by atoms with E-state index in [0.717, 1.165) is 56.1 Å². The van der Waals surface area contributed by atoms with E-state index >= 15 is 0 Å². The van der Waals surface area contributed by atoms with Crippen LogP contribution in [0.4, 0.5) is 5.82 Å². The fourth-order valence-electron chi connectivity index (χ4n) is 7.28. The molecule has 1 aliphatic carbocycles. The van der Waals surface area contributed by atoms with Gasteiger partial charge in [0.25, 0.3) is 0 Å². The van der Waals surface area contributed by atoms with Gasteiger partial charge in [-0.3, -0.25) is 14.6 Å². The molecule has 10 nitrogen and oxygen atoms in total. The number of likely N-dealkylation sites (N-methyl/N-ethyl adjacent to an activating group) is 1. The first kappa shape index (κ1) is 25.9. The molecule has 1 aromatic heterocycles. The molecular formula is C30H38N6O4. The zero-order chi connectivity index (χ0) is 27.4. The van der Waals surface area contributed by atoms with Crippen molar-refractivity contribution < 1.29 is 19.0 Å². The number of ether oxygens (including phenoxy) is 3. The van der Waals surface area contributed by atoms with Gasteiger partial charge < -0.3 is 24.0 Å². The quantitative estimate of drug-likeness (QED) is 0.504. The van der Waals surface area contributed by atoms with Gasteiger partial charge in [-0.2, -0.15) is 9.97 Å². The first-order chi connectivity index (χ1) is 19.5. The number of hydrogen-bond acceptors (Lipinski definition) is 9. The summed E-state index contributed by atoms with van der Waals surface area (Å²) >= 11 is 0. The molecule has 4 saturated heterocycles. The van der Waals surface area contributed by atoms with E-state index in [4.69, 9.17) is 24.2 Å². The largest absolute Gasteiger partial charge is 0.456 e. The maximum atomic E-state index is 12.6. The van der Waals surface area contributed by atoms with Crippen LogP contribution in [0.25, 0.3) is 0 Å². The second-order valence-electron chi connectivity index (χ2n) is 11.8. The number of benzene rings is 1. The van der Waals surface area contributed by atoms with Crippen molar-refractivity contribution in [2.45, 2.75) is 56.3 Å². The van der Waals surface area contributed by atoms with E-state index < -0.39 is 0 Å². The van der Waals surface area contributed by atoms with Gasteiger partial charge in [-0.15, -0.1) is 0 Å². The number of aromatic nitrogens is 2. The van der Waals surface area contributed by atoms with Crippen LogP contribution in [0.2, 0.25) is 0 Å². The Bertz CT molecular complexity index is 1300. The maximum Gasteiger partial charge on any atom is 0.319 e. The maximum absolute atomic E-state index is 12.6. The Morgan fingerprint density at radius 2 is 1.90 bits per heavy atom. The van der Waals surface area contributed by atoms with E-state index in [-0.39, 0.29) is 30.2 Å². The van der Waals surface area contributed by atoms with Crippen LogP contribution in [0.15, 0.2) is 36.9 Å². The summed E-state index contributed by atoms with van der Waals surface area (Å²) in [6, 6.07) is 9.53. The molecule has 1 amide bonds. The molecule has 5 aliphatic heterocycles. The van der Waals surface area contributed by atoms with Gasteiger partial charge in [0, 0.05) is 58.0 Å². The second kappa shape index (κ2) is 10.4. The third kappa shape index (κ3) is 4.47. The minimum atomic E-state index is -0.135. The second-order valence-corrected chi connectivity index (χ2v) is 11.8. The van der Waals surface area contributed by atoms with Crippen LogP contribution in [0.3, 0.4) is 0 Å². The van der Waals surface area contributed by atoms with Gasteiger partial charge >= 0.3 is 6.01 Å². The van der Waals surface area contributed by atoms with Gasteiger partial charge in [0.05, 0.1) is 31.0 Å². The third-order valence-electron chi connectivity index (χ3n) is 9.31. The summed E-state index contributed by atoms with van der Waals surface area (Å²) in [6.07, 6.45) is 3.46. The molecule has 3 unspecified atom stereocenters. The molecule has 2 bridgehead atoms. The molecule has 8 rings (SSSR count). The Hall–Kier alpha value is -3.05. The van der Waals surface area contributed by atoms with Crippen LogP contribution in [0.1, 0.15) is 34.8 Å². The number of fused-ring (bicyclic) bond motifs is 6. The Kier molecular flexibility index (Phi) is 6.74. The van der Waals surface area contributed by atoms with Crippen molar-refractivity contribution in [2.75, 3.05) is 58.5 Å². The Labute approximate surface area is 235 Å². The SMILES string of the molecule is C=CC(=O)N1CC2COCC1CN2c1nc(O[C@@H]2CN(C)C[C@H]2OC)nc2c1CN(C1CCc3ccccc31)C2. The molecule has 0 spiro atoms. The number of anilines is 1. The summed E-state index contributed by atoms with van der Waals surface area (Å²) in [7, 11) is 3.81. The molecule has 2 aromatic rings. The summed E-state index contributed by atoms with van der Waals surface area (Å²) in [5.41, 5.74) is 5.07. The number of aryl methyl sites for hydroxylation is 1. The molecule has 10 heteroatoms. The summed E-state index contributed by atoms with van der Waals surface area (Å²) in [5.74, 6) is 0.874. The lowest BCUT2D eigenvalue weighted by Gasteiger charge is -2.43. The number of hydrogen-bond donors (Lipinski definition) is 0. The molecule has 1 aromatic carbocycles. The first-order valence-corrected chi connectivity index (χ1v) is 14.4. The molecular weight excluding hydrogens is 508 g/mol. The van der Waals surface area contributed by atoms with Crippen LogP contribution in [0, 0.1) is 0 Å². The highest BCUT2D eigenvalue weighted by Crippen LogP contribution is 2.42. The number of methoxy groups -OCH3 is 1. The van der Waals surface area contributed by atoms with Gasteiger partial charge in [-0.25, -0.2) is 0 Å². The number of carbonyl (C=O) groups excluding carboxylic acids is 1. The van der Waals surface area contributed by atoms with Crippen LogP contribution >= 0.6 is 0 Å². The lowest BCUT2D eigenvalue weighted by molar-refractivity contribution is -0.129. The van der Waals surface area contributed by atoms with E-state index in [1.165, 1.54) is 17.2 Å². The fourth-order valence-corrected chi connectivity index (χ4v) is 7.28. The van der Waals surface area contributed by atoms with Gasteiger partial charge in [0.2, 0.25) is 5.91 Å². The number of rotatable bonds is 6. The van der Waals surface area contributed by atoms with Crippen molar-refractivity contribution in [2.24, 2.45) is 0 Å². The van der Waals surface area contributed by atoms with Gasteiger partial charge in [0.15, 0.2) is 0 Å². The Morgan fingerprint density at radius 1 is 1.07 bits per heavy atom. The van der Waals surface area contributed by atoms with Crippen molar-refractivity contribution in [3.8, 4) is 6.01 Å². The summed E-state index contributed by atoms with van der Waals surface area (Å²) < 4.78 is 18.2. The Morgan fingerprint density at radius 3 is 2.75 bits per heavy atom. The molecule has 0 saturated carbocycles. The average molecular weight is 547 g/mol. The highest BCUT2D eigenvalue weighted by Gasteiger charge is 2.43. The van der Waals surface area contributed by atoms with E-state index in [1.807, 2.05) is 4.90 Å². The molecule has 40 heavy (non-hydrogen) atoms. The number of carbonyl (C=O) groups is 1. The smallest absolute Gasteiger partial charge is 0.319 e. The summed E-state index contributed by atoms with van der Waals surface area (Å²) in [4.78, 5) is 31.7. The van der Waals surface area contributed by atoms with Crippen LogP contribution in [0.5, 0.6) is 6.01 Å². The van der Waals surface area contributed by atoms with Crippen molar-refractivity contribution in [3.63, 3.8) is 0 Å². The number of likely N-dealkylation sites (tertiary alicyclic amines) is 1. The predicted molar refractivity (Wildman–Crippen MR) is 149 cm³/mol. The normalized spacial score (nSPS) is 29.9. The van der Waals surface area contributed by atoms with E-state index in [0.29, 0.717) is 38.4 Å². The van der Waals surface area contributed by atoms with E-state index in [9.17, 15) is 4.79 Å². The lowest BCUT2D eigenvalue weighted by Crippen LogP contribution is -2.59. The molecule has 0 radical (unpaired) electrons. The number of nitrogens with zero attached hydrogens (tertiary/aromatic N) is 6. The first-order valence-electron chi connectivity index (χ1n) is 14.4. The minimum Gasteiger partial charge on any atom is -0.456 e. The lowest BCUT2D eigenvalue weighted by atomic mass is 10.1. The van der Waals surface area contributed by atoms with E-state index in [1.54, 1.807) is 7.11 Å². The molecule has 212 valence electrons. The van der Waals surface area contributed by atoms with Gasteiger partial charge in [-0.05, 0) is 37.1 Å². The minimum absolute atomic E-state index is 0.0000871. The topological polar surface area (TPSA) is 83.5 Å². The van der Waals surface area contributed by atoms with Crippen LogP contribution in [-0.4, -0.2) is 108 Å². The third-order valence-corrected chi connectivity index (χ3v) is 9.31. The predicted octanol–water partition coefficient (Wildman–Crippen LogP) is 1.79. The molecule has 5 atom stereocenters. The van der Waals surface area contributed by atoms with Gasteiger partial charge in [0.1, 0.15) is 18.0 Å². The molecule has 6 heterocycles. The van der Waals surface area contributed by atoms with Crippen molar-refractivity contribution in [1.82, 2.24) is 24.7 Å².